The number of carbonyl (C=O) groups is 1. The van der Waals surface area contributed by atoms with E-state index in [1.165, 1.54) is 0 Å². The lowest BCUT2D eigenvalue weighted by Gasteiger charge is -2.32. The van der Waals surface area contributed by atoms with Crippen molar-refractivity contribution >= 4 is 45.7 Å². The molecule has 0 unspecified atom stereocenters. The molecule has 4 N–H and O–H groups in total. The number of halogens is 1. The van der Waals surface area contributed by atoms with Crippen LogP contribution in [0.5, 0.6) is 0 Å². The summed E-state index contributed by atoms with van der Waals surface area (Å²) in [6.45, 7) is 4.34. The molecule has 3 aromatic rings. The van der Waals surface area contributed by atoms with Gasteiger partial charge in [-0.2, -0.15) is 0 Å². The van der Waals surface area contributed by atoms with Gasteiger partial charge < -0.3 is 26.0 Å². The number of amidine groups is 1. The number of ether oxygens (including phenoxy) is 1. The number of anilines is 3. The summed E-state index contributed by atoms with van der Waals surface area (Å²) in [5, 5.41) is 6.93. The van der Waals surface area contributed by atoms with Crippen molar-refractivity contribution in [3.8, 4) is 0 Å². The van der Waals surface area contributed by atoms with E-state index in [1.54, 1.807) is 31.7 Å². The molecule has 2 aliphatic rings. The van der Waals surface area contributed by atoms with Crippen molar-refractivity contribution in [1.82, 2.24) is 15.0 Å². The molecule has 11 heteroatoms. The molecule has 1 saturated carbocycles. The molecule has 1 saturated heterocycles. The van der Waals surface area contributed by atoms with Gasteiger partial charge in [-0.25, -0.2) is 24.3 Å². The number of amides is 1. The molecule has 5 rings (SSSR count). The molecule has 182 valence electrons. The molecule has 0 radical (unpaired) electrons. The molecular weight excluding hydrogens is 451 g/mol. The smallest absolute Gasteiger partial charge is 0.263 e. The van der Waals surface area contributed by atoms with Gasteiger partial charge in [0.1, 0.15) is 17.5 Å². The van der Waals surface area contributed by atoms with Crippen molar-refractivity contribution in [1.29, 1.82) is 0 Å². The number of hydrogen-bond donors (Lipinski definition) is 3. The zero-order chi connectivity index (χ0) is 24.6. The van der Waals surface area contributed by atoms with E-state index in [4.69, 9.17) is 10.5 Å². The molecule has 35 heavy (non-hydrogen) atoms. The van der Waals surface area contributed by atoms with E-state index in [1.807, 2.05) is 19.1 Å². The van der Waals surface area contributed by atoms with Crippen LogP contribution in [0.4, 0.5) is 27.5 Å². The number of nitrogens with zero attached hydrogens (tertiary/aromatic N) is 5. The van der Waals surface area contributed by atoms with Crippen LogP contribution < -0.4 is 21.3 Å². The molecule has 1 aliphatic heterocycles. The summed E-state index contributed by atoms with van der Waals surface area (Å²) >= 11 is 0. The highest BCUT2D eigenvalue weighted by Gasteiger charge is 2.51. The summed E-state index contributed by atoms with van der Waals surface area (Å²) in [7, 11) is 1.75. The monoisotopic (exact) mass is 478 g/mol. The summed E-state index contributed by atoms with van der Waals surface area (Å²) in [6, 6.07) is 5.42. The Hall–Kier alpha value is -3.86. The SMILES string of the molecule is CNc1ncc(C(N)=Nc2ccc(N3CCO[C@H](C)C3)cn2)c2cc(NC(=O)C3(F)CC3)ncc12. The minimum atomic E-state index is -1.80. The lowest BCUT2D eigenvalue weighted by Crippen LogP contribution is -2.41. The fourth-order valence-corrected chi connectivity index (χ4v) is 4.04. The van der Waals surface area contributed by atoms with Crippen LogP contribution in [0.2, 0.25) is 0 Å². The van der Waals surface area contributed by atoms with Gasteiger partial charge >= 0.3 is 0 Å². The number of pyridine rings is 3. The third kappa shape index (κ3) is 4.72. The Morgan fingerprint density at radius 2 is 2.06 bits per heavy atom. The summed E-state index contributed by atoms with van der Waals surface area (Å²) in [6.07, 6.45) is 5.55. The Bertz CT molecular complexity index is 1290. The van der Waals surface area contributed by atoms with E-state index in [0.717, 1.165) is 18.8 Å². The quantitative estimate of drug-likeness (QED) is 0.364. The van der Waals surface area contributed by atoms with Crippen LogP contribution in [0.25, 0.3) is 10.8 Å². The fourth-order valence-electron chi connectivity index (χ4n) is 4.04. The number of alkyl halides is 1. The number of aliphatic imine (C=N–C) groups is 1. The number of nitrogens with two attached hydrogens (primary N) is 1. The van der Waals surface area contributed by atoms with E-state index in [0.29, 0.717) is 34.6 Å². The Labute approximate surface area is 201 Å². The Morgan fingerprint density at radius 1 is 1.23 bits per heavy atom. The largest absolute Gasteiger partial charge is 0.383 e. The second-order valence-corrected chi connectivity index (χ2v) is 8.80. The maximum Gasteiger partial charge on any atom is 0.263 e. The average molecular weight is 479 g/mol. The molecule has 1 atom stereocenters. The second kappa shape index (κ2) is 9.06. The van der Waals surface area contributed by atoms with Crippen LogP contribution >= 0.6 is 0 Å². The molecule has 10 nitrogen and oxygen atoms in total. The van der Waals surface area contributed by atoms with Gasteiger partial charge in [-0.15, -0.1) is 0 Å². The number of morpholine rings is 1. The van der Waals surface area contributed by atoms with E-state index < -0.39 is 11.6 Å². The van der Waals surface area contributed by atoms with E-state index in [-0.39, 0.29) is 30.6 Å². The molecule has 1 amide bonds. The van der Waals surface area contributed by atoms with Gasteiger partial charge in [0.05, 0.1) is 24.6 Å². The van der Waals surface area contributed by atoms with Crippen molar-refractivity contribution in [2.24, 2.45) is 10.7 Å². The van der Waals surface area contributed by atoms with Crippen LogP contribution in [0.15, 0.2) is 41.8 Å². The zero-order valence-electron chi connectivity index (χ0n) is 19.6. The zero-order valence-corrected chi connectivity index (χ0v) is 19.6. The standard InChI is InChI=1S/C24H27FN8O2/c1-14-13-33(7-8-35-14)15-3-4-19(28-10-15)31-21(26)17-11-30-22(27-2)18-12-29-20(9-16(17)18)32-23(34)24(25)5-6-24/h3-4,9-12,14H,5-8,13H2,1-2H3,(H,27,30)(H2,26,28,31)(H,29,32,34)/t14-/m1/s1. The number of aromatic nitrogens is 3. The molecule has 4 heterocycles. The van der Waals surface area contributed by atoms with E-state index in [9.17, 15) is 9.18 Å². The molecule has 0 aromatic carbocycles. The molecule has 0 bridgehead atoms. The maximum atomic E-state index is 14.1. The van der Waals surface area contributed by atoms with Gasteiger partial charge in [0.15, 0.2) is 11.5 Å². The van der Waals surface area contributed by atoms with Crippen LogP contribution in [0, 0.1) is 0 Å². The predicted octanol–water partition coefficient (Wildman–Crippen LogP) is 2.77. The first-order valence-electron chi connectivity index (χ1n) is 11.5. The van der Waals surface area contributed by atoms with Crippen molar-refractivity contribution in [2.45, 2.75) is 31.5 Å². The summed E-state index contributed by atoms with van der Waals surface area (Å²) in [4.78, 5) is 32.0. The number of rotatable bonds is 6. The average Bonchev–Trinajstić information content (AvgIpc) is 3.62. The van der Waals surface area contributed by atoms with E-state index >= 15 is 0 Å². The Morgan fingerprint density at radius 3 is 2.74 bits per heavy atom. The maximum absolute atomic E-state index is 14.1. The lowest BCUT2D eigenvalue weighted by atomic mass is 10.1. The van der Waals surface area contributed by atoms with Crippen LogP contribution in [0.1, 0.15) is 25.3 Å². The highest BCUT2D eigenvalue weighted by Crippen LogP contribution is 2.40. The first kappa shape index (κ1) is 22.9. The Kier molecular flexibility index (Phi) is 5.93. The lowest BCUT2D eigenvalue weighted by molar-refractivity contribution is -0.122. The minimum absolute atomic E-state index is 0.169. The van der Waals surface area contributed by atoms with Gasteiger partial charge in [0.2, 0.25) is 0 Å². The van der Waals surface area contributed by atoms with Gasteiger partial charge in [-0.1, -0.05) is 0 Å². The number of carbonyl (C=O) groups excluding carboxylic acids is 1. The minimum Gasteiger partial charge on any atom is -0.383 e. The molecule has 3 aromatic heterocycles. The second-order valence-electron chi connectivity index (χ2n) is 8.80. The molecule has 0 spiro atoms. The van der Waals surface area contributed by atoms with Crippen LogP contribution in [-0.4, -0.2) is 65.2 Å². The van der Waals surface area contributed by atoms with Crippen molar-refractivity contribution in [3.63, 3.8) is 0 Å². The Balaban J connectivity index is 1.44. The van der Waals surface area contributed by atoms with Gasteiger partial charge in [0.25, 0.3) is 5.91 Å². The summed E-state index contributed by atoms with van der Waals surface area (Å²) in [5.74, 6) is 0.797. The van der Waals surface area contributed by atoms with Crippen LogP contribution in [-0.2, 0) is 9.53 Å². The third-order valence-corrected chi connectivity index (χ3v) is 6.20. The van der Waals surface area contributed by atoms with Gasteiger partial charge in [0, 0.05) is 48.9 Å². The highest BCUT2D eigenvalue weighted by molar-refractivity contribution is 6.12. The number of hydrogen-bond acceptors (Lipinski definition) is 8. The third-order valence-electron chi connectivity index (χ3n) is 6.20. The first-order valence-corrected chi connectivity index (χ1v) is 11.5. The topological polar surface area (TPSA) is 131 Å². The van der Waals surface area contributed by atoms with E-state index in [2.05, 4.69) is 35.5 Å². The van der Waals surface area contributed by atoms with Gasteiger partial charge in [-0.05, 0) is 38.0 Å². The predicted molar refractivity (Wildman–Crippen MR) is 133 cm³/mol. The number of nitrogens with one attached hydrogen (secondary N) is 2. The normalized spacial score (nSPS) is 19.5. The highest BCUT2D eigenvalue weighted by atomic mass is 19.1. The van der Waals surface area contributed by atoms with Gasteiger partial charge in [-0.3, -0.25) is 4.79 Å². The van der Waals surface area contributed by atoms with Crippen molar-refractivity contribution < 1.29 is 13.9 Å². The summed E-state index contributed by atoms with van der Waals surface area (Å²) < 4.78 is 19.7. The van der Waals surface area contributed by atoms with Crippen molar-refractivity contribution in [2.75, 3.05) is 42.3 Å². The first-order chi connectivity index (χ1) is 16.9. The van der Waals surface area contributed by atoms with Crippen molar-refractivity contribution in [3.05, 3.63) is 42.4 Å². The fraction of sp³-hybridized carbons (Fsp3) is 0.375. The van der Waals surface area contributed by atoms with Crippen LogP contribution in [0.3, 0.4) is 0 Å². The molecule has 1 aliphatic carbocycles. The summed E-state index contributed by atoms with van der Waals surface area (Å²) in [5.41, 5.74) is 6.11. The molecular formula is C24H27FN8O2. The number of fused-ring (bicyclic) bond motifs is 1. The molecule has 2 fully saturated rings.